The summed E-state index contributed by atoms with van der Waals surface area (Å²) in [7, 11) is 0. The van der Waals surface area contributed by atoms with Crippen LogP contribution in [0, 0.1) is 13.8 Å². The van der Waals surface area contributed by atoms with Crippen LogP contribution in [-0.2, 0) is 6.54 Å². The number of phenolic OH excluding ortho intramolecular Hbond substituents is 2. The van der Waals surface area contributed by atoms with Gasteiger partial charge in [-0.1, -0.05) is 13.0 Å². The number of hydrogen-bond donors (Lipinski definition) is 4. The number of phenols is 2. The fraction of sp³-hybridized carbons (Fsp3) is 0.400. The van der Waals surface area contributed by atoms with Gasteiger partial charge in [0.1, 0.15) is 34.8 Å². The average molecular weight is 789 g/mol. The number of benzene rings is 2. The van der Waals surface area contributed by atoms with E-state index in [-0.39, 0.29) is 29.1 Å². The van der Waals surface area contributed by atoms with Crippen LogP contribution in [-0.4, -0.2) is 107 Å². The lowest BCUT2D eigenvalue weighted by atomic mass is 10.0. The summed E-state index contributed by atoms with van der Waals surface area (Å²) >= 11 is 0. The van der Waals surface area contributed by atoms with E-state index in [4.69, 9.17) is 0 Å². The summed E-state index contributed by atoms with van der Waals surface area (Å²) in [5.41, 5.74) is 5.76. The van der Waals surface area contributed by atoms with Gasteiger partial charge in [0.2, 0.25) is 11.9 Å². The lowest BCUT2D eigenvalue weighted by Gasteiger charge is -2.35. The minimum absolute atomic E-state index is 0.0244. The molecule has 1 unspecified atom stereocenters. The quantitative estimate of drug-likeness (QED) is 0.107. The van der Waals surface area contributed by atoms with Crippen LogP contribution in [0.25, 0.3) is 33.5 Å². The molecule has 0 saturated carbocycles. The molecule has 2 saturated heterocycles. The number of anilines is 2. The summed E-state index contributed by atoms with van der Waals surface area (Å²) in [5.74, 6) is 0.120. The number of aryl methyl sites for hydroxylation is 2. The van der Waals surface area contributed by atoms with E-state index in [1.807, 2.05) is 71.0 Å². The second-order valence-corrected chi connectivity index (χ2v) is 15.0. The first kappa shape index (κ1) is 38.2. The molecule has 8 rings (SSSR count). The number of hydrogen-bond acceptors (Lipinski definition) is 11. The smallest absolute Gasteiger partial charge is 0.507 e. The molecule has 13 nitrogen and oxygen atoms in total. The topological polar surface area (TPSA) is 141 Å². The summed E-state index contributed by atoms with van der Waals surface area (Å²) in [6.07, 6.45) is -1.92. The van der Waals surface area contributed by atoms with E-state index in [1.54, 1.807) is 6.07 Å². The maximum absolute atomic E-state index is 14.8. The number of likely N-dealkylation sites (N-methyl/N-ethyl adjacent to an activating group) is 1. The van der Waals surface area contributed by atoms with Gasteiger partial charge in [-0.2, -0.15) is 0 Å². The number of ether oxygens (including phenoxy) is 1. The molecule has 0 bridgehead atoms. The predicted molar refractivity (Wildman–Crippen MR) is 207 cm³/mol. The van der Waals surface area contributed by atoms with Crippen molar-refractivity contribution in [3.8, 4) is 39.8 Å². The third kappa shape index (κ3) is 7.98. The Labute approximate surface area is 325 Å². The van der Waals surface area contributed by atoms with Gasteiger partial charge in [-0.15, -0.1) is 33.6 Å². The largest absolute Gasteiger partial charge is 0.573 e. The van der Waals surface area contributed by atoms with Crippen LogP contribution in [0.15, 0.2) is 60.8 Å². The van der Waals surface area contributed by atoms with Crippen molar-refractivity contribution in [2.75, 3.05) is 43.4 Å². The minimum Gasteiger partial charge on any atom is -0.507 e. The molecule has 0 amide bonds. The molecule has 17 heteroatoms. The normalized spacial score (nSPS) is 19.7. The highest BCUT2D eigenvalue weighted by Crippen LogP contribution is 2.38. The van der Waals surface area contributed by atoms with E-state index in [0.29, 0.717) is 67.8 Å². The van der Waals surface area contributed by atoms with Gasteiger partial charge in [-0.3, -0.25) is 18.6 Å². The molecule has 2 aliphatic heterocycles. The third-order valence-electron chi connectivity index (χ3n) is 10.8. The Morgan fingerprint density at radius 2 is 1.61 bits per heavy atom. The molecule has 300 valence electrons. The predicted octanol–water partition coefficient (Wildman–Crippen LogP) is 6.95. The molecule has 2 aromatic carbocycles. The first-order valence-electron chi connectivity index (χ1n) is 19.1. The number of piperidine rings is 2. The monoisotopic (exact) mass is 788 g/mol. The van der Waals surface area contributed by atoms with Gasteiger partial charge in [0.15, 0.2) is 0 Å². The number of aromatic nitrogens is 6. The number of fused-ring (bicyclic) bond motifs is 2. The molecule has 0 aliphatic carbocycles. The number of aromatic hydroxyl groups is 2. The van der Waals surface area contributed by atoms with Crippen molar-refractivity contribution in [3.05, 3.63) is 77.6 Å². The van der Waals surface area contributed by atoms with Crippen LogP contribution in [0.2, 0.25) is 0 Å². The SMILES string of the molecule is CCN1C[C@H](F)C[C@@H](Nc2nnc(-c3ccc(OC(F)(F)F)cc3O)c3ccc(CN4CCCC(Nc5nnc(-c6c(C)cc(C)cc6O)c6cccn56)C4)n23)C1. The van der Waals surface area contributed by atoms with E-state index in [0.717, 1.165) is 53.9 Å². The highest BCUT2D eigenvalue weighted by Gasteiger charge is 2.32. The molecule has 4 N–H and O–H groups in total. The van der Waals surface area contributed by atoms with Crippen LogP contribution in [0.5, 0.6) is 17.2 Å². The molecule has 6 heterocycles. The standard InChI is InChI=1S/C40H44F4N10O3/c1-4-51-19-25(41)17-27(21-51)46-39-50-47-36(30-11-10-29(18-33(30)55)57-40(42,43)44)32-12-9-28(54(32)39)22-52-13-5-7-26(20-52)45-38-49-48-37(31-8-6-14-53(31)38)35-24(3)15-23(2)16-34(35)56/h6,8-12,14-16,18,25-27,55-56H,4-5,7,13,17,19-22H2,1-3H3,(H,45,49)(H,46,50)/t25-,26?,27-/m1/s1. The molecule has 57 heavy (non-hydrogen) atoms. The molecular weight excluding hydrogens is 744 g/mol. The Morgan fingerprint density at radius 1 is 0.842 bits per heavy atom. The Hall–Kier alpha value is -5.68. The van der Waals surface area contributed by atoms with Crippen molar-refractivity contribution in [1.29, 1.82) is 0 Å². The fourth-order valence-corrected chi connectivity index (χ4v) is 8.31. The van der Waals surface area contributed by atoms with Gasteiger partial charge in [0.25, 0.3) is 0 Å². The molecule has 6 aromatic rings. The van der Waals surface area contributed by atoms with Crippen LogP contribution in [0.1, 0.15) is 43.0 Å². The Morgan fingerprint density at radius 3 is 2.39 bits per heavy atom. The zero-order valence-electron chi connectivity index (χ0n) is 31.8. The van der Waals surface area contributed by atoms with E-state index in [2.05, 4.69) is 40.7 Å². The van der Waals surface area contributed by atoms with Gasteiger partial charge >= 0.3 is 6.36 Å². The average Bonchev–Trinajstić information content (AvgIpc) is 3.81. The molecule has 2 fully saturated rings. The van der Waals surface area contributed by atoms with E-state index >= 15 is 0 Å². The van der Waals surface area contributed by atoms with Crippen LogP contribution >= 0.6 is 0 Å². The van der Waals surface area contributed by atoms with Crippen molar-refractivity contribution in [2.24, 2.45) is 0 Å². The second kappa shape index (κ2) is 15.3. The van der Waals surface area contributed by atoms with Crippen LogP contribution in [0.3, 0.4) is 0 Å². The van der Waals surface area contributed by atoms with Gasteiger partial charge < -0.3 is 25.6 Å². The van der Waals surface area contributed by atoms with Crippen molar-refractivity contribution in [2.45, 2.75) is 71.2 Å². The zero-order valence-corrected chi connectivity index (χ0v) is 31.8. The molecule has 0 spiro atoms. The minimum atomic E-state index is -4.92. The summed E-state index contributed by atoms with van der Waals surface area (Å²) in [6.45, 7) is 9.54. The van der Waals surface area contributed by atoms with Crippen LogP contribution < -0.4 is 15.4 Å². The Balaban J connectivity index is 1.08. The number of rotatable bonds is 10. The molecule has 3 atom stereocenters. The second-order valence-electron chi connectivity index (χ2n) is 15.0. The van der Waals surface area contributed by atoms with Crippen LogP contribution in [0.4, 0.5) is 29.5 Å². The lowest BCUT2D eigenvalue weighted by molar-refractivity contribution is -0.274. The van der Waals surface area contributed by atoms with Crippen molar-refractivity contribution >= 4 is 22.9 Å². The van der Waals surface area contributed by atoms with E-state index in [9.17, 15) is 27.8 Å². The van der Waals surface area contributed by atoms with Gasteiger partial charge in [0, 0.05) is 73.8 Å². The number of likely N-dealkylation sites (tertiary alicyclic amines) is 2. The maximum Gasteiger partial charge on any atom is 0.573 e. The zero-order chi connectivity index (χ0) is 40.0. The first-order valence-corrected chi connectivity index (χ1v) is 19.1. The summed E-state index contributed by atoms with van der Waals surface area (Å²) in [5, 5.41) is 46.8. The number of nitrogens with one attached hydrogen (secondary N) is 2. The molecular formula is C40H44F4N10O3. The Bertz CT molecular complexity index is 2390. The van der Waals surface area contributed by atoms with E-state index in [1.165, 1.54) is 6.07 Å². The number of halogens is 4. The van der Waals surface area contributed by atoms with Gasteiger partial charge in [-0.05, 0) is 93.4 Å². The Kier molecular flexibility index (Phi) is 10.3. The summed E-state index contributed by atoms with van der Waals surface area (Å²) < 4.78 is 61.4. The van der Waals surface area contributed by atoms with E-state index < -0.39 is 24.0 Å². The fourth-order valence-electron chi connectivity index (χ4n) is 8.31. The summed E-state index contributed by atoms with van der Waals surface area (Å²) in [6, 6.07) is 14.5. The number of nitrogens with zero attached hydrogens (tertiary/aromatic N) is 8. The van der Waals surface area contributed by atoms with Gasteiger partial charge in [0.05, 0.1) is 11.0 Å². The molecule has 4 aromatic heterocycles. The van der Waals surface area contributed by atoms with Crippen molar-refractivity contribution < 1.29 is 32.5 Å². The van der Waals surface area contributed by atoms with Crippen molar-refractivity contribution in [3.63, 3.8) is 0 Å². The third-order valence-corrected chi connectivity index (χ3v) is 10.8. The maximum atomic E-state index is 14.8. The first-order chi connectivity index (χ1) is 27.3. The molecule has 0 radical (unpaired) electrons. The number of alkyl halides is 4. The summed E-state index contributed by atoms with van der Waals surface area (Å²) in [4.78, 5) is 4.35. The lowest BCUT2D eigenvalue weighted by Crippen LogP contribution is -2.47. The van der Waals surface area contributed by atoms with Gasteiger partial charge in [-0.25, -0.2) is 4.39 Å². The highest BCUT2D eigenvalue weighted by atomic mass is 19.4. The highest BCUT2D eigenvalue weighted by molar-refractivity contribution is 5.84. The van der Waals surface area contributed by atoms with Crippen molar-refractivity contribution in [1.82, 2.24) is 39.0 Å². The molecule has 2 aliphatic rings.